The molecule has 0 saturated carbocycles. The van der Waals surface area contributed by atoms with E-state index in [0.29, 0.717) is 0 Å². The minimum atomic E-state index is 0.743. The van der Waals surface area contributed by atoms with Crippen LogP contribution in [0.2, 0.25) is 0 Å². The average Bonchev–Trinajstić information content (AvgIpc) is 2.47. The summed E-state index contributed by atoms with van der Waals surface area (Å²) in [6.07, 6.45) is 2.22. The van der Waals surface area contributed by atoms with E-state index in [2.05, 4.69) is 11.4 Å². The summed E-state index contributed by atoms with van der Waals surface area (Å²) in [5.74, 6) is 0.743. The molecule has 0 aromatic carbocycles. The van der Waals surface area contributed by atoms with Crippen molar-refractivity contribution in [1.82, 2.24) is 5.32 Å². The number of thiophene rings is 1. The molecule has 0 unspecified atom stereocenters. The molecule has 12 heavy (non-hydrogen) atoms. The highest BCUT2D eigenvalue weighted by Crippen LogP contribution is 2.25. The first kappa shape index (κ1) is 8.54. The van der Waals surface area contributed by atoms with Gasteiger partial charge in [0.15, 0.2) is 0 Å². The molecule has 0 spiro atoms. The van der Waals surface area contributed by atoms with Gasteiger partial charge in [0, 0.05) is 28.7 Å². The molecule has 2 rings (SSSR count). The second-order valence-corrected chi connectivity index (χ2v) is 4.63. The van der Waals surface area contributed by atoms with Crippen LogP contribution in [0, 0.1) is 0 Å². The maximum Gasteiger partial charge on any atom is 0.0271 e. The van der Waals surface area contributed by atoms with Crippen molar-refractivity contribution < 1.29 is 0 Å². The van der Waals surface area contributed by atoms with Crippen LogP contribution >= 0.6 is 22.9 Å². The quantitative estimate of drug-likeness (QED) is 0.724. The average molecular weight is 202 g/mol. The normalized spacial score (nSPS) is 16.1. The molecule has 2 heterocycles. The van der Waals surface area contributed by atoms with Gasteiger partial charge in [0.1, 0.15) is 0 Å². The largest absolute Gasteiger partial charge is 0.312 e. The Bertz CT molecular complexity index is 246. The van der Waals surface area contributed by atoms with Gasteiger partial charge in [0.2, 0.25) is 0 Å². The Kier molecular flexibility index (Phi) is 2.69. The number of halogens is 1. The van der Waals surface area contributed by atoms with E-state index in [4.69, 9.17) is 11.6 Å². The smallest absolute Gasteiger partial charge is 0.0271 e. The zero-order chi connectivity index (χ0) is 8.39. The van der Waals surface area contributed by atoms with Crippen molar-refractivity contribution in [3.05, 3.63) is 21.4 Å². The Balaban J connectivity index is 2.20. The van der Waals surface area contributed by atoms with Crippen LogP contribution in [0.4, 0.5) is 0 Å². The SMILES string of the molecule is ClCCc1cc2c(s1)CCNC2. The summed E-state index contributed by atoms with van der Waals surface area (Å²) in [4.78, 5) is 3.01. The number of hydrogen-bond acceptors (Lipinski definition) is 2. The highest BCUT2D eigenvalue weighted by atomic mass is 35.5. The molecular formula is C9H12ClNS. The van der Waals surface area contributed by atoms with Crippen molar-refractivity contribution in [2.24, 2.45) is 0 Å². The van der Waals surface area contributed by atoms with Gasteiger partial charge in [0.05, 0.1) is 0 Å². The summed E-state index contributed by atoms with van der Waals surface area (Å²) in [7, 11) is 0. The first-order chi connectivity index (χ1) is 5.90. The van der Waals surface area contributed by atoms with Crippen LogP contribution in [-0.2, 0) is 19.4 Å². The van der Waals surface area contributed by atoms with Gasteiger partial charge in [0.25, 0.3) is 0 Å². The fraction of sp³-hybridized carbons (Fsp3) is 0.556. The van der Waals surface area contributed by atoms with Crippen molar-refractivity contribution in [3.63, 3.8) is 0 Å². The predicted octanol–water partition coefficient (Wildman–Crippen LogP) is 2.18. The third-order valence-corrected chi connectivity index (χ3v) is 3.62. The molecule has 0 fully saturated rings. The zero-order valence-electron chi connectivity index (χ0n) is 6.90. The summed E-state index contributed by atoms with van der Waals surface area (Å²) in [6, 6.07) is 2.30. The maximum atomic E-state index is 5.69. The third kappa shape index (κ3) is 1.65. The summed E-state index contributed by atoms with van der Waals surface area (Å²) in [6.45, 7) is 2.18. The van der Waals surface area contributed by atoms with E-state index in [1.807, 2.05) is 11.3 Å². The fourth-order valence-corrected chi connectivity index (χ4v) is 3.03. The number of rotatable bonds is 2. The number of nitrogens with one attached hydrogen (secondary N) is 1. The van der Waals surface area contributed by atoms with Gasteiger partial charge in [-0.25, -0.2) is 0 Å². The Morgan fingerprint density at radius 2 is 2.50 bits per heavy atom. The van der Waals surface area contributed by atoms with E-state index in [-0.39, 0.29) is 0 Å². The van der Waals surface area contributed by atoms with Crippen molar-refractivity contribution in [1.29, 1.82) is 0 Å². The van der Waals surface area contributed by atoms with E-state index < -0.39 is 0 Å². The predicted molar refractivity (Wildman–Crippen MR) is 54.2 cm³/mol. The lowest BCUT2D eigenvalue weighted by atomic mass is 10.1. The van der Waals surface area contributed by atoms with E-state index in [9.17, 15) is 0 Å². The first-order valence-corrected chi connectivity index (χ1v) is 5.62. The molecule has 3 heteroatoms. The first-order valence-electron chi connectivity index (χ1n) is 4.27. The summed E-state index contributed by atoms with van der Waals surface area (Å²) in [5.41, 5.74) is 1.49. The van der Waals surface area contributed by atoms with E-state index in [1.165, 1.54) is 16.9 Å². The van der Waals surface area contributed by atoms with Crippen molar-refractivity contribution in [3.8, 4) is 0 Å². The molecule has 0 radical (unpaired) electrons. The lowest BCUT2D eigenvalue weighted by Crippen LogP contribution is -2.21. The molecule has 0 amide bonds. The van der Waals surface area contributed by atoms with Crippen LogP contribution in [-0.4, -0.2) is 12.4 Å². The third-order valence-electron chi connectivity index (χ3n) is 2.13. The van der Waals surface area contributed by atoms with E-state index in [0.717, 1.165) is 25.4 Å². The molecule has 1 aliphatic rings. The second kappa shape index (κ2) is 3.77. The van der Waals surface area contributed by atoms with Crippen LogP contribution in [0.3, 0.4) is 0 Å². The van der Waals surface area contributed by atoms with Gasteiger partial charge in [-0.2, -0.15) is 0 Å². The molecule has 0 saturated heterocycles. The monoisotopic (exact) mass is 201 g/mol. The number of alkyl halides is 1. The Morgan fingerprint density at radius 3 is 3.25 bits per heavy atom. The molecule has 1 N–H and O–H groups in total. The van der Waals surface area contributed by atoms with Crippen LogP contribution in [0.5, 0.6) is 0 Å². The summed E-state index contributed by atoms with van der Waals surface area (Å²) in [5, 5.41) is 3.37. The number of aryl methyl sites for hydroxylation is 1. The molecule has 1 nitrogen and oxygen atoms in total. The standard InChI is InChI=1S/C9H12ClNS/c10-3-1-8-5-7-6-11-4-2-9(7)12-8/h5,11H,1-4,6H2. The highest BCUT2D eigenvalue weighted by Gasteiger charge is 2.11. The molecular weight excluding hydrogens is 190 g/mol. The molecule has 1 aromatic heterocycles. The van der Waals surface area contributed by atoms with E-state index >= 15 is 0 Å². The van der Waals surface area contributed by atoms with Crippen LogP contribution < -0.4 is 5.32 Å². The Labute approximate surface area is 81.7 Å². The number of hydrogen-bond donors (Lipinski definition) is 1. The van der Waals surface area contributed by atoms with Gasteiger partial charge < -0.3 is 5.32 Å². The van der Waals surface area contributed by atoms with Gasteiger partial charge in [-0.1, -0.05) is 0 Å². The van der Waals surface area contributed by atoms with Crippen molar-refractivity contribution >= 4 is 22.9 Å². The molecule has 1 aromatic rings. The molecule has 0 bridgehead atoms. The summed E-state index contributed by atoms with van der Waals surface area (Å²) >= 11 is 7.63. The van der Waals surface area contributed by atoms with Crippen LogP contribution in [0.1, 0.15) is 15.3 Å². The minimum Gasteiger partial charge on any atom is -0.312 e. The minimum absolute atomic E-state index is 0.743. The topological polar surface area (TPSA) is 12.0 Å². The lowest BCUT2D eigenvalue weighted by molar-refractivity contribution is 0.652. The van der Waals surface area contributed by atoms with Gasteiger partial charge in [-0.3, -0.25) is 0 Å². The van der Waals surface area contributed by atoms with Crippen molar-refractivity contribution in [2.75, 3.05) is 12.4 Å². The molecule has 66 valence electrons. The Morgan fingerprint density at radius 1 is 1.58 bits per heavy atom. The van der Waals surface area contributed by atoms with Gasteiger partial charge in [-0.05, 0) is 24.5 Å². The van der Waals surface area contributed by atoms with E-state index in [1.54, 1.807) is 4.88 Å². The van der Waals surface area contributed by atoms with Crippen LogP contribution in [0.15, 0.2) is 6.07 Å². The van der Waals surface area contributed by atoms with Gasteiger partial charge in [-0.15, -0.1) is 22.9 Å². The molecule has 1 aliphatic heterocycles. The maximum absolute atomic E-state index is 5.69. The molecule has 0 aliphatic carbocycles. The van der Waals surface area contributed by atoms with Crippen molar-refractivity contribution in [2.45, 2.75) is 19.4 Å². The second-order valence-electron chi connectivity index (χ2n) is 3.03. The lowest BCUT2D eigenvalue weighted by Gasteiger charge is -2.10. The van der Waals surface area contributed by atoms with Crippen LogP contribution in [0.25, 0.3) is 0 Å². The van der Waals surface area contributed by atoms with Gasteiger partial charge >= 0.3 is 0 Å². The fourth-order valence-electron chi connectivity index (χ4n) is 1.53. The highest BCUT2D eigenvalue weighted by molar-refractivity contribution is 7.12. The molecule has 0 atom stereocenters. The zero-order valence-corrected chi connectivity index (χ0v) is 8.47. The summed E-state index contributed by atoms with van der Waals surface area (Å²) < 4.78 is 0. The Hall–Kier alpha value is -0.0500. The number of fused-ring (bicyclic) bond motifs is 1.